The number of ether oxygens (including phenoxy) is 1. The molecule has 0 aliphatic heterocycles. The zero-order valence-electron chi connectivity index (χ0n) is 16.1. The van der Waals surface area contributed by atoms with Crippen molar-refractivity contribution < 1.29 is 17.9 Å². The van der Waals surface area contributed by atoms with Crippen LogP contribution in [0.2, 0.25) is 0 Å². The number of pyridine rings is 1. The maximum Gasteiger partial charge on any atom is 0.248 e. The van der Waals surface area contributed by atoms with Gasteiger partial charge in [0.1, 0.15) is 12.4 Å². The van der Waals surface area contributed by atoms with E-state index in [9.17, 15) is 13.2 Å². The van der Waals surface area contributed by atoms with Crippen LogP contribution in [0.4, 0.5) is 5.69 Å². The van der Waals surface area contributed by atoms with Crippen LogP contribution in [0.3, 0.4) is 0 Å². The Morgan fingerprint density at radius 1 is 1.07 bits per heavy atom. The monoisotopic (exact) mass is 423 g/mol. The Morgan fingerprint density at radius 2 is 1.87 bits per heavy atom. The molecule has 3 N–H and O–H groups in total. The second-order valence-electron chi connectivity index (χ2n) is 6.51. The number of hydrogen-bond acceptors (Lipinski definition) is 5. The van der Waals surface area contributed by atoms with Crippen molar-refractivity contribution >= 4 is 27.7 Å². The number of anilines is 1. The SMILES string of the molecule is NS(=O)(=O)Cc1cccc(NC(=O)/C=C/c2ccc(OCc3ccccn3)cc2)c1. The molecule has 7 nitrogen and oxygen atoms in total. The zero-order chi connectivity index (χ0) is 21.4. The number of nitrogens with zero attached hydrogens (tertiary/aromatic N) is 1. The lowest BCUT2D eigenvalue weighted by atomic mass is 10.2. The first-order valence-corrected chi connectivity index (χ1v) is 10.8. The molecule has 8 heteroatoms. The van der Waals surface area contributed by atoms with E-state index in [0.717, 1.165) is 11.3 Å². The summed E-state index contributed by atoms with van der Waals surface area (Å²) in [5.41, 5.74) is 2.66. The molecule has 1 aromatic heterocycles. The van der Waals surface area contributed by atoms with Gasteiger partial charge < -0.3 is 10.1 Å². The van der Waals surface area contributed by atoms with Crippen molar-refractivity contribution in [3.63, 3.8) is 0 Å². The number of nitrogens with one attached hydrogen (secondary N) is 1. The van der Waals surface area contributed by atoms with E-state index in [0.29, 0.717) is 23.6 Å². The number of carbonyl (C=O) groups is 1. The fourth-order valence-electron chi connectivity index (χ4n) is 2.64. The Morgan fingerprint density at radius 3 is 2.57 bits per heavy atom. The van der Waals surface area contributed by atoms with E-state index in [1.54, 1.807) is 36.5 Å². The minimum atomic E-state index is -3.63. The van der Waals surface area contributed by atoms with Gasteiger partial charge in [-0.2, -0.15) is 0 Å². The van der Waals surface area contributed by atoms with E-state index in [-0.39, 0.29) is 11.7 Å². The number of nitrogens with two attached hydrogens (primary N) is 1. The highest BCUT2D eigenvalue weighted by Crippen LogP contribution is 2.15. The first kappa shape index (κ1) is 21.2. The van der Waals surface area contributed by atoms with Crippen LogP contribution >= 0.6 is 0 Å². The predicted molar refractivity (Wildman–Crippen MR) is 116 cm³/mol. The number of aromatic nitrogens is 1. The summed E-state index contributed by atoms with van der Waals surface area (Å²) < 4.78 is 28.1. The summed E-state index contributed by atoms with van der Waals surface area (Å²) >= 11 is 0. The Labute approximate surface area is 175 Å². The molecule has 0 aliphatic rings. The fraction of sp³-hybridized carbons (Fsp3) is 0.0909. The van der Waals surface area contributed by atoms with Crippen molar-refractivity contribution in [2.75, 3.05) is 5.32 Å². The number of sulfonamides is 1. The highest BCUT2D eigenvalue weighted by molar-refractivity contribution is 7.88. The van der Waals surface area contributed by atoms with Crippen LogP contribution < -0.4 is 15.2 Å². The van der Waals surface area contributed by atoms with Crippen molar-refractivity contribution in [1.82, 2.24) is 4.98 Å². The first-order chi connectivity index (χ1) is 14.4. The minimum absolute atomic E-state index is 0.290. The average Bonchev–Trinajstić information content (AvgIpc) is 2.71. The van der Waals surface area contributed by atoms with Crippen LogP contribution in [-0.2, 0) is 27.2 Å². The minimum Gasteiger partial charge on any atom is -0.487 e. The van der Waals surface area contributed by atoms with E-state index in [1.165, 1.54) is 6.08 Å². The van der Waals surface area contributed by atoms with Gasteiger partial charge in [-0.25, -0.2) is 13.6 Å². The van der Waals surface area contributed by atoms with Crippen molar-refractivity contribution in [3.05, 3.63) is 95.8 Å². The third-order valence-corrected chi connectivity index (χ3v) is 4.72. The molecule has 0 radical (unpaired) electrons. The quantitative estimate of drug-likeness (QED) is 0.541. The molecule has 0 atom stereocenters. The van der Waals surface area contributed by atoms with Gasteiger partial charge in [0, 0.05) is 18.0 Å². The molecule has 0 saturated heterocycles. The van der Waals surface area contributed by atoms with Crippen LogP contribution in [0, 0.1) is 0 Å². The van der Waals surface area contributed by atoms with Gasteiger partial charge in [0.25, 0.3) is 0 Å². The van der Waals surface area contributed by atoms with Crippen molar-refractivity contribution in [2.24, 2.45) is 5.14 Å². The van der Waals surface area contributed by atoms with E-state index >= 15 is 0 Å². The highest BCUT2D eigenvalue weighted by Gasteiger charge is 2.06. The van der Waals surface area contributed by atoms with Gasteiger partial charge in [0.2, 0.25) is 15.9 Å². The molecule has 3 aromatic rings. The Balaban J connectivity index is 1.54. The lowest BCUT2D eigenvalue weighted by Gasteiger charge is -2.06. The molecular weight excluding hydrogens is 402 g/mol. The molecular formula is C22H21N3O4S. The second kappa shape index (κ2) is 9.82. The van der Waals surface area contributed by atoms with Gasteiger partial charge in [-0.1, -0.05) is 30.3 Å². The second-order valence-corrected chi connectivity index (χ2v) is 8.12. The summed E-state index contributed by atoms with van der Waals surface area (Å²) in [6, 6.07) is 19.5. The number of rotatable bonds is 8. The normalized spacial score (nSPS) is 11.4. The maximum atomic E-state index is 12.1. The zero-order valence-corrected chi connectivity index (χ0v) is 16.9. The molecule has 0 unspecified atom stereocenters. The molecule has 2 aromatic carbocycles. The van der Waals surface area contributed by atoms with Crippen LogP contribution in [0.5, 0.6) is 5.75 Å². The number of carbonyl (C=O) groups excluding carboxylic acids is 1. The maximum absolute atomic E-state index is 12.1. The third-order valence-electron chi connectivity index (χ3n) is 3.98. The third kappa shape index (κ3) is 7.16. The Hall–Kier alpha value is -3.49. The molecule has 30 heavy (non-hydrogen) atoms. The van der Waals surface area contributed by atoms with Gasteiger partial charge in [-0.15, -0.1) is 0 Å². The largest absolute Gasteiger partial charge is 0.487 e. The fourth-order valence-corrected chi connectivity index (χ4v) is 3.29. The standard InChI is InChI=1S/C22H21N3O4S/c23-30(27,28)16-18-4-3-6-19(14-18)25-22(26)12-9-17-7-10-21(11-8-17)29-15-20-5-1-2-13-24-20/h1-14H,15-16H2,(H,25,26)(H2,23,27,28)/b12-9+. The summed E-state index contributed by atoms with van der Waals surface area (Å²) in [6.07, 6.45) is 4.79. The lowest BCUT2D eigenvalue weighted by molar-refractivity contribution is -0.111. The van der Waals surface area contributed by atoms with Crippen LogP contribution in [0.1, 0.15) is 16.8 Å². The average molecular weight is 423 g/mol. The van der Waals surface area contributed by atoms with Gasteiger partial charge in [0.05, 0.1) is 11.4 Å². The summed E-state index contributed by atoms with van der Waals surface area (Å²) in [5, 5.41) is 7.75. The van der Waals surface area contributed by atoms with Crippen molar-refractivity contribution in [1.29, 1.82) is 0 Å². The molecule has 0 aliphatic carbocycles. The first-order valence-electron chi connectivity index (χ1n) is 9.09. The van der Waals surface area contributed by atoms with Crippen molar-refractivity contribution in [2.45, 2.75) is 12.4 Å². The van der Waals surface area contributed by atoms with E-state index in [4.69, 9.17) is 9.88 Å². The number of benzene rings is 2. The molecule has 0 bridgehead atoms. The number of hydrogen-bond donors (Lipinski definition) is 2. The van der Waals surface area contributed by atoms with E-state index in [1.807, 2.05) is 42.5 Å². The number of amides is 1. The highest BCUT2D eigenvalue weighted by atomic mass is 32.2. The smallest absolute Gasteiger partial charge is 0.248 e. The van der Waals surface area contributed by atoms with E-state index < -0.39 is 10.0 Å². The van der Waals surface area contributed by atoms with Crippen LogP contribution in [-0.4, -0.2) is 19.3 Å². The molecule has 1 amide bonds. The Bertz CT molecular complexity index is 1130. The molecule has 0 saturated carbocycles. The summed E-state index contributed by atoms with van der Waals surface area (Å²) in [7, 11) is -3.63. The molecule has 0 fully saturated rings. The van der Waals surface area contributed by atoms with Gasteiger partial charge in [0.15, 0.2) is 0 Å². The topological polar surface area (TPSA) is 111 Å². The summed E-state index contributed by atoms with van der Waals surface area (Å²) in [6.45, 7) is 0.378. The molecule has 1 heterocycles. The number of primary sulfonamides is 1. The predicted octanol–water partition coefficient (Wildman–Crippen LogP) is 3.10. The Kier molecular flexibility index (Phi) is 6.95. The van der Waals surface area contributed by atoms with Gasteiger partial charge in [-0.05, 0) is 53.6 Å². The molecule has 0 spiro atoms. The molecule has 3 rings (SSSR count). The van der Waals surface area contributed by atoms with Gasteiger partial charge >= 0.3 is 0 Å². The lowest BCUT2D eigenvalue weighted by Crippen LogP contribution is -2.15. The van der Waals surface area contributed by atoms with E-state index in [2.05, 4.69) is 10.3 Å². The van der Waals surface area contributed by atoms with Crippen LogP contribution in [0.25, 0.3) is 6.08 Å². The summed E-state index contributed by atoms with van der Waals surface area (Å²) in [5.74, 6) is 0.0774. The van der Waals surface area contributed by atoms with Gasteiger partial charge in [-0.3, -0.25) is 9.78 Å². The van der Waals surface area contributed by atoms with Crippen LogP contribution in [0.15, 0.2) is 79.0 Å². The van der Waals surface area contributed by atoms with Crippen molar-refractivity contribution in [3.8, 4) is 5.75 Å². The molecule has 154 valence electrons. The summed E-state index contributed by atoms with van der Waals surface area (Å²) in [4.78, 5) is 16.3.